The van der Waals surface area contributed by atoms with Gasteiger partial charge >= 0.3 is 0 Å². The number of para-hydroxylation sites is 1. The Morgan fingerprint density at radius 3 is 2.57 bits per heavy atom. The Labute approximate surface area is 168 Å². The number of thioether (sulfide) groups is 1. The van der Waals surface area contributed by atoms with E-state index in [1.807, 2.05) is 42.2 Å². The normalized spacial score (nSPS) is 14.4. The van der Waals surface area contributed by atoms with Gasteiger partial charge in [0, 0.05) is 12.2 Å². The molecule has 3 aromatic rings. The molecule has 0 unspecified atom stereocenters. The maximum Gasteiger partial charge on any atom is 0.240 e. The molecular weight excluding hydrogens is 370 g/mol. The van der Waals surface area contributed by atoms with Crippen LogP contribution in [0.2, 0.25) is 0 Å². The minimum atomic E-state index is -0.286. The van der Waals surface area contributed by atoms with Crippen LogP contribution in [0.4, 0.5) is 5.69 Å². The standard InChI is InChI=1S/C21H23N5OS/c1-14(2)16-8-10-18(11-9-16)26-21(22-23-24-26)28-15(3)20(27)25-13-12-17-6-4-5-7-19(17)25/h4-11,14-15H,12-13H2,1-3H3/t15-/m1/s1. The lowest BCUT2D eigenvalue weighted by Gasteiger charge is -2.21. The first-order valence-electron chi connectivity index (χ1n) is 9.49. The summed E-state index contributed by atoms with van der Waals surface area (Å²) in [4.78, 5) is 14.9. The van der Waals surface area contributed by atoms with Crippen LogP contribution in [0.15, 0.2) is 53.7 Å². The quantitative estimate of drug-likeness (QED) is 0.616. The number of anilines is 1. The van der Waals surface area contributed by atoms with Crippen LogP contribution in [-0.2, 0) is 11.2 Å². The summed E-state index contributed by atoms with van der Waals surface area (Å²) in [6, 6.07) is 16.3. The van der Waals surface area contributed by atoms with Gasteiger partial charge in [-0.2, -0.15) is 4.68 Å². The molecule has 1 aliphatic rings. The number of tetrazole rings is 1. The zero-order chi connectivity index (χ0) is 19.7. The molecule has 144 valence electrons. The number of benzene rings is 2. The van der Waals surface area contributed by atoms with Crippen LogP contribution in [0.1, 0.15) is 37.8 Å². The molecule has 0 aliphatic carbocycles. The van der Waals surface area contributed by atoms with Crippen molar-refractivity contribution < 1.29 is 4.79 Å². The van der Waals surface area contributed by atoms with Crippen molar-refractivity contribution in [2.45, 2.75) is 43.5 Å². The first-order chi connectivity index (χ1) is 13.5. The molecule has 1 aromatic heterocycles. The first kappa shape index (κ1) is 18.7. The van der Waals surface area contributed by atoms with Crippen molar-refractivity contribution in [2.24, 2.45) is 0 Å². The van der Waals surface area contributed by atoms with Crippen molar-refractivity contribution in [3.63, 3.8) is 0 Å². The van der Waals surface area contributed by atoms with Gasteiger partial charge in [-0.25, -0.2) is 0 Å². The summed E-state index contributed by atoms with van der Waals surface area (Å²) in [6.07, 6.45) is 0.902. The van der Waals surface area contributed by atoms with E-state index in [0.717, 1.165) is 24.3 Å². The lowest BCUT2D eigenvalue weighted by molar-refractivity contribution is -0.117. The predicted octanol–water partition coefficient (Wildman–Crippen LogP) is 3.86. The van der Waals surface area contributed by atoms with E-state index in [1.165, 1.54) is 22.9 Å². The van der Waals surface area contributed by atoms with Crippen LogP contribution in [-0.4, -0.2) is 37.9 Å². The highest BCUT2D eigenvalue weighted by Crippen LogP contribution is 2.31. The van der Waals surface area contributed by atoms with E-state index in [-0.39, 0.29) is 11.2 Å². The van der Waals surface area contributed by atoms with Gasteiger partial charge in [-0.1, -0.05) is 55.9 Å². The average molecular weight is 394 g/mol. The van der Waals surface area contributed by atoms with Gasteiger partial charge in [0.05, 0.1) is 10.9 Å². The Bertz CT molecular complexity index is 982. The van der Waals surface area contributed by atoms with Gasteiger partial charge in [0.25, 0.3) is 0 Å². The summed E-state index contributed by atoms with van der Waals surface area (Å²) in [6.45, 7) is 6.97. The van der Waals surface area contributed by atoms with Crippen LogP contribution >= 0.6 is 11.8 Å². The molecule has 0 saturated carbocycles. The predicted molar refractivity (Wildman–Crippen MR) is 111 cm³/mol. The Kier molecular flexibility index (Phi) is 5.17. The van der Waals surface area contributed by atoms with E-state index < -0.39 is 0 Å². The van der Waals surface area contributed by atoms with Crippen LogP contribution in [0.5, 0.6) is 0 Å². The van der Waals surface area contributed by atoms with Gasteiger partial charge < -0.3 is 4.90 Å². The van der Waals surface area contributed by atoms with Crippen LogP contribution in [0, 0.1) is 0 Å². The highest BCUT2D eigenvalue weighted by molar-refractivity contribution is 8.00. The second-order valence-electron chi connectivity index (χ2n) is 7.25. The second kappa shape index (κ2) is 7.75. The zero-order valence-electron chi connectivity index (χ0n) is 16.2. The summed E-state index contributed by atoms with van der Waals surface area (Å²) in [5.41, 5.74) is 4.40. The largest absolute Gasteiger partial charge is 0.311 e. The number of carbonyl (C=O) groups is 1. The van der Waals surface area contributed by atoms with Gasteiger partial charge in [0.2, 0.25) is 11.1 Å². The van der Waals surface area contributed by atoms with Crippen molar-refractivity contribution >= 4 is 23.4 Å². The van der Waals surface area contributed by atoms with Gasteiger partial charge in [0.1, 0.15) is 0 Å². The van der Waals surface area contributed by atoms with Crippen LogP contribution in [0.25, 0.3) is 5.69 Å². The number of fused-ring (bicyclic) bond motifs is 1. The van der Waals surface area contributed by atoms with Gasteiger partial charge in [0.15, 0.2) is 0 Å². The molecule has 0 radical (unpaired) electrons. The lowest BCUT2D eigenvalue weighted by Crippen LogP contribution is -2.35. The minimum Gasteiger partial charge on any atom is -0.311 e. The molecule has 1 aliphatic heterocycles. The number of carbonyl (C=O) groups excluding carboxylic acids is 1. The molecule has 4 rings (SSSR count). The number of rotatable bonds is 5. The molecule has 7 heteroatoms. The Morgan fingerprint density at radius 2 is 1.82 bits per heavy atom. The first-order valence-corrected chi connectivity index (χ1v) is 10.4. The number of hydrogen-bond donors (Lipinski definition) is 0. The number of aromatic nitrogens is 4. The van der Waals surface area contributed by atoms with Gasteiger partial charge in [-0.05, 0) is 59.0 Å². The zero-order valence-corrected chi connectivity index (χ0v) is 17.1. The van der Waals surface area contributed by atoms with Crippen molar-refractivity contribution in [3.05, 3.63) is 59.7 Å². The topological polar surface area (TPSA) is 63.9 Å². The fourth-order valence-corrected chi connectivity index (χ4v) is 4.28. The van der Waals surface area contributed by atoms with Crippen LogP contribution < -0.4 is 4.90 Å². The number of nitrogens with zero attached hydrogens (tertiary/aromatic N) is 5. The maximum absolute atomic E-state index is 13.0. The van der Waals surface area contributed by atoms with Gasteiger partial charge in [-0.15, -0.1) is 5.10 Å². The molecule has 0 fully saturated rings. The maximum atomic E-state index is 13.0. The minimum absolute atomic E-state index is 0.0830. The van der Waals surface area contributed by atoms with Gasteiger partial charge in [-0.3, -0.25) is 4.79 Å². The third-order valence-electron chi connectivity index (χ3n) is 5.03. The number of hydrogen-bond acceptors (Lipinski definition) is 5. The van der Waals surface area contributed by atoms with E-state index >= 15 is 0 Å². The smallest absolute Gasteiger partial charge is 0.240 e. The molecule has 0 spiro atoms. The molecule has 0 N–H and O–H groups in total. The summed E-state index contributed by atoms with van der Waals surface area (Å²) < 4.78 is 1.69. The fourth-order valence-electron chi connectivity index (χ4n) is 3.41. The second-order valence-corrected chi connectivity index (χ2v) is 8.56. The van der Waals surface area contributed by atoms with E-state index in [4.69, 9.17) is 0 Å². The fraction of sp³-hybridized carbons (Fsp3) is 0.333. The summed E-state index contributed by atoms with van der Waals surface area (Å²) in [5, 5.41) is 12.4. The summed E-state index contributed by atoms with van der Waals surface area (Å²) in [7, 11) is 0. The highest BCUT2D eigenvalue weighted by Gasteiger charge is 2.29. The molecule has 6 nitrogen and oxygen atoms in total. The molecule has 1 amide bonds. The highest BCUT2D eigenvalue weighted by atomic mass is 32.2. The Balaban J connectivity index is 1.51. The van der Waals surface area contributed by atoms with Crippen molar-refractivity contribution in [1.82, 2.24) is 20.2 Å². The molecule has 0 bridgehead atoms. The van der Waals surface area contributed by atoms with E-state index in [9.17, 15) is 4.79 Å². The van der Waals surface area contributed by atoms with Crippen molar-refractivity contribution in [1.29, 1.82) is 0 Å². The van der Waals surface area contributed by atoms with E-state index in [0.29, 0.717) is 11.1 Å². The average Bonchev–Trinajstić information content (AvgIpc) is 3.34. The van der Waals surface area contributed by atoms with E-state index in [2.05, 4.69) is 47.6 Å². The Morgan fingerprint density at radius 1 is 1.07 bits per heavy atom. The lowest BCUT2D eigenvalue weighted by atomic mass is 10.0. The molecule has 28 heavy (non-hydrogen) atoms. The Hall–Kier alpha value is -2.67. The summed E-state index contributed by atoms with van der Waals surface area (Å²) in [5.74, 6) is 0.553. The van der Waals surface area contributed by atoms with E-state index in [1.54, 1.807) is 4.68 Å². The third-order valence-corrected chi connectivity index (χ3v) is 6.05. The van der Waals surface area contributed by atoms with Crippen molar-refractivity contribution in [2.75, 3.05) is 11.4 Å². The number of amides is 1. The molecule has 0 saturated heterocycles. The SMILES string of the molecule is CC(C)c1ccc(-n2nnnc2S[C@H](C)C(=O)N2CCc3ccccc32)cc1. The van der Waals surface area contributed by atoms with Crippen molar-refractivity contribution in [3.8, 4) is 5.69 Å². The van der Waals surface area contributed by atoms with Crippen LogP contribution in [0.3, 0.4) is 0 Å². The summed E-state index contributed by atoms with van der Waals surface area (Å²) >= 11 is 1.39. The molecule has 1 atom stereocenters. The molecular formula is C21H23N5OS. The molecule has 2 heterocycles. The monoisotopic (exact) mass is 393 g/mol. The third kappa shape index (κ3) is 3.54. The molecule has 2 aromatic carbocycles.